The third-order valence-corrected chi connectivity index (χ3v) is 4.83. The van der Waals surface area contributed by atoms with E-state index in [1.54, 1.807) is 7.11 Å². The fourth-order valence-electron chi connectivity index (χ4n) is 3.57. The van der Waals surface area contributed by atoms with Crippen molar-refractivity contribution in [2.75, 3.05) is 20.3 Å². The first-order valence-corrected chi connectivity index (χ1v) is 7.66. The van der Waals surface area contributed by atoms with Gasteiger partial charge in [-0.1, -0.05) is 25.1 Å². The number of rotatable bonds is 5. The molecule has 0 saturated carbocycles. The molecular formula is C17H28NO2+. The Balaban J connectivity index is 2.43. The van der Waals surface area contributed by atoms with Crippen LogP contribution < -0.4 is 10.5 Å². The highest BCUT2D eigenvalue weighted by atomic mass is 16.5. The quantitative estimate of drug-likeness (QED) is 0.899. The molecule has 0 radical (unpaired) electrons. The van der Waals surface area contributed by atoms with Crippen LogP contribution in [0, 0.1) is 0 Å². The molecule has 1 fully saturated rings. The minimum Gasteiger partial charge on any atom is -0.496 e. The van der Waals surface area contributed by atoms with Crippen LogP contribution in [0.5, 0.6) is 5.75 Å². The van der Waals surface area contributed by atoms with E-state index >= 15 is 0 Å². The number of hydrogen-bond acceptors (Lipinski definition) is 2. The lowest BCUT2D eigenvalue weighted by molar-refractivity contribution is -0.372. The molecule has 1 saturated heterocycles. The van der Waals surface area contributed by atoms with Gasteiger partial charge in [0.2, 0.25) is 0 Å². The highest BCUT2D eigenvalue weighted by Crippen LogP contribution is 2.47. The van der Waals surface area contributed by atoms with Crippen molar-refractivity contribution >= 4 is 0 Å². The van der Waals surface area contributed by atoms with Crippen molar-refractivity contribution < 1.29 is 15.2 Å². The molecule has 2 unspecified atom stereocenters. The average Bonchev–Trinajstić information content (AvgIpc) is 2.47. The van der Waals surface area contributed by atoms with Gasteiger partial charge in [0, 0.05) is 24.0 Å². The summed E-state index contributed by atoms with van der Waals surface area (Å²) in [6.45, 7) is 6.21. The van der Waals surface area contributed by atoms with Gasteiger partial charge in [-0.2, -0.15) is 0 Å². The Morgan fingerprint density at radius 1 is 1.35 bits per heavy atom. The Morgan fingerprint density at radius 3 is 2.75 bits per heavy atom. The van der Waals surface area contributed by atoms with E-state index < -0.39 is 0 Å². The van der Waals surface area contributed by atoms with E-state index in [0.717, 1.165) is 44.6 Å². The molecule has 1 heterocycles. The highest BCUT2D eigenvalue weighted by Gasteiger charge is 2.44. The van der Waals surface area contributed by atoms with Crippen LogP contribution in [-0.2, 0) is 10.2 Å². The third kappa shape index (κ3) is 2.84. The van der Waals surface area contributed by atoms with Gasteiger partial charge in [0.1, 0.15) is 5.75 Å². The van der Waals surface area contributed by atoms with Gasteiger partial charge < -0.3 is 15.2 Å². The van der Waals surface area contributed by atoms with Crippen LogP contribution in [-0.4, -0.2) is 25.9 Å². The molecule has 3 nitrogen and oxygen atoms in total. The topological polar surface area (TPSA) is 46.1 Å². The second-order valence-electron chi connectivity index (χ2n) is 6.16. The third-order valence-electron chi connectivity index (χ3n) is 4.83. The minimum absolute atomic E-state index is 0.0335. The Labute approximate surface area is 122 Å². The summed E-state index contributed by atoms with van der Waals surface area (Å²) in [5, 5.41) is 0. The van der Waals surface area contributed by atoms with Crippen LogP contribution in [0.4, 0.5) is 0 Å². The van der Waals surface area contributed by atoms with Gasteiger partial charge in [-0.25, -0.2) is 0 Å². The van der Waals surface area contributed by atoms with Gasteiger partial charge in [-0.15, -0.1) is 0 Å². The van der Waals surface area contributed by atoms with Crippen molar-refractivity contribution in [3.05, 3.63) is 29.8 Å². The molecule has 20 heavy (non-hydrogen) atoms. The molecule has 2 rings (SSSR count). The number of para-hydroxylation sites is 1. The molecular weight excluding hydrogens is 250 g/mol. The van der Waals surface area contributed by atoms with Gasteiger partial charge in [0.15, 0.2) is 0 Å². The lowest BCUT2D eigenvalue weighted by Crippen LogP contribution is -2.55. The van der Waals surface area contributed by atoms with E-state index in [0.29, 0.717) is 0 Å². The molecule has 2 atom stereocenters. The van der Waals surface area contributed by atoms with E-state index in [-0.39, 0.29) is 11.0 Å². The summed E-state index contributed by atoms with van der Waals surface area (Å²) in [6.07, 6.45) is 4.23. The van der Waals surface area contributed by atoms with Crippen molar-refractivity contribution in [3.63, 3.8) is 0 Å². The molecule has 0 amide bonds. The second kappa shape index (κ2) is 6.15. The molecule has 112 valence electrons. The fourth-order valence-corrected chi connectivity index (χ4v) is 3.57. The van der Waals surface area contributed by atoms with Crippen molar-refractivity contribution in [3.8, 4) is 5.75 Å². The summed E-state index contributed by atoms with van der Waals surface area (Å²) in [5.74, 6) is 1.00. The van der Waals surface area contributed by atoms with Crippen LogP contribution in [0.3, 0.4) is 0 Å². The van der Waals surface area contributed by atoms with Gasteiger partial charge in [-0.3, -0.25) is 0 Å². The van der Waals surface area contributed by atoms with Crippen molar-refractivity contribution in [2.24, 2.45) is 0 Å². The predicted molar refractivity (Wildman–Crippen MR) is 80.9 cm³/mol. The van der Waals surface area contributed by atoms with Crippen molar-refractivity contribution in [2.45, 2.75) is 50.5 Å². The number of hydrogen-bond donors (Lipinski definition) is 1. The van der Waals surface area contributed by atoms with Gasteiger partial charge in [0.25, 0.3) is 0 Å². The SMILES string of the molecule is CCC1(C)CC(CC[NH3+])(c2ccccc2OC)CCO1. The monoisotopic (exact) mass is 278 g/mol. The first kappa shape index (κ1) is 15.3. The lowest BCUT2D eigenvalue weighted by Gasteiger charge is -2.46. The van der Waals surface area contributed by atoms with Gasteiger partial charge >= 0.3 is 0 Å². The van der Waals surface area contributed by atoms with Crippen LogP contribution in [0.1, 0.15) is 45.1 Å². The maximum absolute atomic E-state index is 6.05. The number of methoxy groups -OCH3 is 1. The molecule has 1 aromatic rings. The molecule has 1 aromatic carbocycles. The summed E-state index contributed by atoms with van der Waals surface area (Å²) in [5.41, 5.74) is 5.53. The molecule has 1 aliphatic heterocycles. The fraction of sp³-hybridized carbons (Fsp3) is 0.647. The Morgan fingerprint density at radius 2 is 2.10 bits per heavy atom. The molecule has 3 N–H and O–H groups in total. The zero-order valence-corrected chi connectivity index (χ0v) is 13.1. The number of benzene rings is 1. The summed E-state index contributed by atoms with van der Waals surface area (Å²) in [4.78, 5) is 0. The van der Waals surface area contributed by atoms with Gasteiger partial charge in [0.05, 0.1) is 19.3 Å². The Bertz CT molecular complexity index is 444. The molecule has 0 bridgehead atoms. The predicted octanol–water partition coefficient (Wildman–Crippen LogP) is 2.54. The molecule has 0 aromatic heterocycles. The molecule has 3 heteroatoms. The van der Waals surface area contributed by atoms with E-state index in [9.17, 15) is 0 Å². The van der Waals surface area contributed by atoms with E-state index in [2.05, 4.69) is 37.8 Å². The lowest BCUT2D eigenvalue weighted by atomic mass is 9.66. The standard InChI is InChI=1S/C17H27NO2/c1-4-16(2)13-17(9-11-18,10-12-20-16)14-7-5-6-8-15(14)19-3/h5-8H,4,9-13,18H2,1-3H3/p+1. The Hall–Kier alpha value is -1.06. The first-order chi connectivity index (χ1) is 9.59. The van der Waals surface area contributed by atoms with Crippen LogP contribution in [0.25, 0.3) is 0 Å². The van der Waals surface area contributed by atoms with Crippen molar-refractivity contribution in [1.29, 1.82) is 0 Å². The zero-order valence-electron chi connectivity index (χ0n) is 13.1. The zero-order chi connectivity index (χ0) is 14.6. The summed E-state index contributed by atoms with van der Waals surface area (Å²) >= 11 is 0. The first-order valence-electron chi connectivity index (χ1n) is 7.66. The normalized spacial score (nSPS) is 30.2. The second-order valence-corrected chi connectivity index (χ2v) is 6.16. The minimum atomic E-state index is -0.0335. The van der Waals surface area contributed by atoms with E-state index in [1.165, 1.54) is 5.56 Å². The summed E-state index contributed by atoms with van der Waals surface area (Å²) in [6, 6.07) is 8.44. The van der Waals surface area contributed by atoms with E-state index in [1.807, 2.05) is 6.07 Å². The number of ether oxygens (including phenoxy) is 2. The largest absolute Gasteiger partial charge is 0.496 e. The maximum Gasteiger partial charge on any atom is 0.122 e. The van der Waals surface area contributed by atoms with Crippen molar-refractivity contribution in [1.82, 2.24) is 0 Å². The van der Waals surface area contributed by atoms with Crippen LogP contribution >= 0.6 is 0 Å². The number of quaternary nitrogens is 1. The summed E-state index contributed by atoms with van der Waals surface area (Å²) in [7, 11) is 1.76. The van der Waals surface area contributed by atoms with Crippen LogP contribution in [0.2, 0.25) is 0 Å². The highest BCUT2D eigenvalue weighted by molar-refractivity contribution is 5.40. The summed E-state index contributed by atoms with van der Waals surface area (Å²) < 4.78 is 11.7. The van der Waals surface area contributed by atoms with Crippen LogP contribution in [0.15, 0.2) is 24.3 Å². The molecule has 0 spiro atoms. The van der Waals surface area contributed by atoms with Gasteiger partial charge in [-0.05, 0) is 32.3 Å². The Kier molecular flexibility index (Phi) is 4.71. The smallest absolute Gasteiger partial charge is 0.122 e. The average molecular weight is 278 g/mol. The molecule has 1 aliphatic rings. The van der Waals surface area contributed by atoms with E-state index in [4.69, 9.17) is 9.47 Å². The molecule has 0 aliphatic carbocycles. The maximum atomic E-state index is 6.05.